The lowest BCUT2D eigenvalue weighted by Crippen LogP contribution is -2.22. The first-order valence-corrected chi connectivity index (χ1v) is 8.03. The topological polar surface area (TPSA) is 15.3 Å². The van der Waals surface area contributed by atoms with Gasteiger partial charge in [0.15, 0.2) is 0 Å². The molecule has 0 aromatic heterocycles. The number of benzene rings is 1. The van der Waals surface area contributed by atoms with E-state index in [1.165, 1.54) is 5.69 Å². The van der Waals surface area contributed by atoms with Gasteiger partial charge in [-0.15, -0.1) is 0 Å². The molecule has 0 aliphatic heterocycles. The van der Waals surface area contributed by atoms with Crippen LogP contribution in [0, 0.1) is 0 Å². The van der Waals surface area contributed by atoms with Gasteiger partial charge in [-0.05, 0) is 24.0 Å². The molecular weight excluding hydrogens is 264 g/mol. The normalized spacial score (nSPS) is 11.0. The van der Waals surface area contributed by atoms with Crippen LogP contribution in [0.5, 0.6) is 0 Å². The molecule has 0 unspecified atom stereocenters. The zero-order chi connectivity index (χ0) is 13.5. The van der Waals surface area contributed by atoms with Crippen LogP contribution in [0.2, 0.25) is 5.02 Å². The van der Waals surface area contributed by atoms with Crippen molar-refractivity contribution in [2.24, 2.45) is 0 Å². The third kappa shape index (κ3) is 5.09. The maximum atomic E-state index is 6.32. The molecule has 102 valence electrons. The number of rotatable bonds is 7. The third-order valence-corrected chi connectivity index (χ3v) is 3.75. The molecule has 18 heavy (non-hydrogen) atoms. The number of halogens is 1. The number of nitrogens with one attached hydrogen (secondary N) is 1. The lowest BCUT2D eigenvalue weighted by Gasteiger charge is -2.20. The van der Waals surface area contributed by atoms with E-state index in [-0.39, 0.29) is 0 Å². The predicted molar refractivity (Wildman–Crippen MR) is 85.1 cm³/mol. The lowest BCUT2D eigenvalue weighted by atomic mass is 10.2. The Bertz CT molecular complexity index is 369. The van der Waals surface area contributed by atoms with Crippen LogP contribution >= 0.6 is 23.4 Å². The Morgan fingerprint density at radius 2 is 2.11 bits per heavy atom. The second-order valence-electron chi connectivity index (χ2n) is 4.73. The van der Waals surface area contributed by atoms with Gasteiger partial charge in [0.1, 0.15) is 0 Å². The summed E-state index contributed by atoms with van der Waals surface area (Å²) in [6, 6.07) is 6.79. The predicted octanol–water partition coefficient (Wildman–Crippen LogP) is 3.64. The third-order valence-electron chi connectivity index (χ3n) is 2.81. The van der Waals surface area contributed by atoms with Crippen molar-refractivity contribution in [2.45, 2.75) is 26.4 Å². The maximum absolute atomic E-state index is 6.32. The minimum atomic E-state index is 0.477. The Balaban J connectivity index is 2.66. The zero-order valence-corrected chi connectivity index (χ0v) is 13.2. The van der Waals surface area contributed by atoms with Crippen molar-refractivity contribution >= 4 is 29.1 Å². The quantitative estimate of drug-likeness (QED) is 0.824. The van der Waals surface area contributed by atoms with Gasteiger partial charge >= 0.3 is 0 Å². The summed E-state index contributed by atoms with van der Waals surface area (Å²) in [6.07, 6.45) is 2.13. The van der Waals surface area contributed by atoms with Crippen molar-refractivity contribution in [3.8, 4) is 0 Å². The second kappa shape index (κ2) is 7.93. The van der Waals surface area contributed by atoms with E-state index in [4.69, 9.17) is 11.6 Å². The Morgan fingerprint density at radius 3 is 2.67 bits per heavy atom. The Morgan fingerprint density at radius 1 is 1.39 bits per heavy atom. The van der Waals surface area contributed by atoms with Crippen LogP contribution < -0.4 is 10.2 Å². The molecule has 1 N–H and O–H groups in total. The molecule has 1 rings (SSSR count). The highest BCUT2D eigenvalue weighted by molar-refractivity contribution is 7.98. The van der Waals surface area contributed by atoms with E-state index < -0.39 is 0 Å². The molecule has 0 aliphatic carbocycles. The molecule has 0 saturated carbocycles. The van der Waals surface area contributed by atoms with Gasteiger partial charge in [0, 0.05) is 42.6 Å². The smallest absolute Gasteiger partial charge is 0.0471 e. The van der Waals surface area contributed by atoms with Gasteiger partial charge in [0.2, 0.25) is 0 Å². The molecule has 0 heterocycles. The monoisotopic (exact) mass is 286 g/mol. The Hall–Kier alpha value is -0.380. The van der Waals surface area contributed by atoms with E-state index in [0.717, 1.165) is 29.4 Å². The SMILES string of the molecule is CSCCN(C)c1ccc(CNC(C)C)c(Cl)c1. The van der Waals surface area contributed by atoms with Crippen LogP contribution in [0.1, 0.15) is 19.4 Å². The Kier molecular flexibility index (Phi) is 6.90. The van der Waals surface area contributed by atoms with E-state index in [9.17, 15) is 0 Å². The fourth-order valence-corrected chi connectivity index (χ4v) is 2.29. The minimum absolute atomic E-state index is 0.477. The molecule has 0 atom stereocenters. The van der Waals surface area contributed by atoms with Crippen molar-refractivity contribution < 1.29 is 0 Å². The summed E-state index contributed by atoms with van der Waals surface area (Å²) in [6.45, 7) is 6.14. The number of hydrogen-bond acceptors (Lipinski definition) is 3. The maximum Gasteiger partial charge on any atom is 0.0471 e. The van der Waals surface area contributed by atoms with E-state index in [2.05, 4.69) is 55.6 Å². The summed E-state index contributed by atoms with van der Waals surface area (Å²) in [5.41, 5.74) is 2.34. The molecule has 2 nitrogen and oxygen atoms in total. The van der Waals surface area contributed by atoms with E-state index in [1.807, 2.05) is 11.8 Å². The molecule has 1 aromatic rings. The first kappa shape index (κ1) is 15.7. The second-order valence-corrected chi connectivity index (χ2v) is 6.12. The molecule has 0 fully saturated rings. The zero-order valence-electron chi connectivity index (χ0n) is 11.7. The summed E-state index contributed by atoms with van der Waals surface area (Å²) in [5, 5.41) is 4.23. The van der Waals surface area contributed by atoms with Gasteiger partial charge in [-0.25, -0.2) is 0 Å². The van der Waals surface area contributed by atoms with Crippen LogP contribution in [0.25, 0.3) is 0 Å². The molecule has 0 bridgehead atoms. The van der Waals surface area contributed by atoms with Crippen LogP contribution in [0.3, 0.4) is 0 Å². The van der Waals surface area contributed by atoms with Crippen molar-refractivity contribution in [2.75, 3.05) is 30.5 Å². The van der Waals surface area contributed by atoms with E-state index in [1.54, 1.807) is 0 Å². The fourth-order valence-electron chi connectivity index (χ4n) is 1.59. The highest BCUT2D eigenvalue weighted by Gasteiger charge is 2.05. The van der Waals surface area contributed by atoms with Crippen molar-refractivity contribution in [3.05, 3.63) is 28.8 Å². The fraction of sp³-hybridized carbons (Fsp3) is 0.571. The van der Waals surface area contributed by atoms with E-state index in [0.29, 0.717) is 6.04 Å². The average molecular weight is 287 g/mol. The number of hydrogen-bond donors (Lipinski definition) is 1. The molecule has 1 aromatic carbocycles. The summed E-state index contributed by atoms with van der Waals surface area (Å²) in [5.74, 6) is 1.13. The highest BCUT2D eigenvalue weighted by Crippen LogP contribution is 2.23. The summed E-state index contributed by atoms with van der Waals surface area (Å²) in [7, 11) is 2.11. The number of anilines is 1. The highest BCUT2D eigenvalue weighted by atomic mass is 35.5. The summed E-state index contributed by atoms with van der Waals surface area (Å²) < 4.78 is 0. The van der Waals surface area contributed by atoms with Crippen molar-refractivity contribution in [1.29, 1.82) is 0 Å². The van der Waals surface area contributed by atoms with Gasteiger partial charge in [0.05, 0.1) is 0 Å². The largest absolute Gasteiger partial charge is 0.374 e. The molecule has 0 aliphatic rings. The summed E-state index contributed by atoms with van der Waals surface area (Å²) >= 11 is 8.18. The molecule has 0 amide bonds. The first-order chi connectivity index (χ1) is 8.54. The number of thioether (sulfide) groups is 1. The van der Waals surface area contributed by atoms with Gasteiger partial charge < -0.3 is 10.2 Å². The molecule has 0 spiro atoms. The minimum Gasteiger partial charge on any atom is -0.374 e. The average Bonchev–Trinajstić information content (AvgIpc) is 2.34. The Labute approximate surface area is 120 Å². The van der Waals surface area contributed by atoms with Crippen molar-refractivity contribution in [3.63, 3.8) is 0 Å². The lowest BCUT2D eigenvalue weighted by molar-refractivity contribution is 0.589. The first-order valence-electron chi connectivity index (χ1n) is 6.26. The van der Waals surface area contributed by atoms with E-state index >= 15 is 0 Å². The molecule has 0 saturated heterocycles. The standard InChI is InChI=1S/C14H23ClN2S/c1-11(2)16-10-12-5-6-13(9-14(12)15)17(3)7-8-18-4/h5-6,9,11,16H,7-8,10H2,1-4H3. The van der Waals surface area contributed by atoms with Crippen LogP contribution in [-0.2, 0) is 6.54 Å². The molecule has 0 radical (unpaired) electrons. The van der Waals surface area contributed by atoms with Gasteiger partial charge in [-0.3, -0.25) is 0 Å². The molecular formula is C14H23ClN2S. The van der Waals surface area contributed by atoms with Gasteiger partial charge in [-0.1, -0.05) is 31.5 Å². The van der Waals surface area contributed by atoms with Crippen LogP contribution in [-0.4, -0.2) is 31.6 Å². The van der Waals surface area contributed by atoms with Gasteiger partial charge in [-0.2, -0.15) is 11.8 Å². The number of nitrogens with zero attached hydrogens (tertiary/aromatic N) is 1. The van der Waals surface area contributed by atoms with Gasteiger partial charge in [0.25, 0.3) is 0 Å². The van der Waals surface area contributed by atoms with Crippen LogP contribution in [0.4, 0.5) is 5.69 Å². The molecule has 4 heteroatoms. The summed E-state index contributed by atoms with van der Waals surface area (Å²) in [4.78, 5) is 2.24. The van der Waals surface area contributed by atoms with Crippen molar-refractivity contribution in [1.82, 2.24) is 5.32 Å². The van der Waals surface area contributed by atoms with Crippen LogP contribution in [0.15, 0.2) is 18.2 Å².